The van der Waals surface area contributed by atoms with Gasteiger partial charge in [-0.05, 0) is 68.2 Å². The Bertz CT molecular complexity index is 439. The second kappa shape index (κ2) is 6.91. The van der Waals surface area contributed by atoms with E-state index in [1.807, 2.05) is 13.1 Å². The molecule has 2 rings (SSSR count). The van der Waals surface area contributed by atoms with Gasteiger partial charge in [0, 0.05) is 11.1 Å². The molecule has 0 bridgehead atoms. The molecule has 1 saturated carbocycles. The molecule has 0 radical (unpaired) electrons. The van der Waals surface area contributed by atoms with Crippen LogP contribution in [0, 0.1) is 23.6 Å². The van der Waals surface area contributed by atoms with Crippen LogP contribution in [0.25, 0.3) is 0 Å². The topological polar surface area (TPSA) is 12.0 Å². The van der Waals surface area contributed by atoms with Crippen molar-refractivity contribution in [1.82, 2.24) is 5.32 Å². The maximum absolute atomic E-state index is 13.1. The van der Waals surface area contributed by atoms with Crippen LogP contribution >= 0.6 is 11.6 Å². The molecule has 0 aliphatic heterocycles. The van der Waals surface area contributed by atoms with E-state index in [1.165, 1.54) is 31.4 Å². The lowest BCUT2D eigenvalue weighted by Gasteiger charge is -2.36. The fraction of sp³-hybridized carbons (Fsp3) is 0.647. The van der Waals surface area contributed by atoms with Gasteiger partial charge in [0.25, 0.3) is 0 Å². The standard InChI is InChI=1S/C17H25ClFN/c1-11-6-12(2)8-14(7-11)17(20-3)9-13-4-5-15(19)10-16(13)18/h4-5,10-12,14,17,20H,6-9H2,1-3H3. The number of nitrogens with one attached hydrogen (secondary N) is 1. The molecule has 3 atom stereocenters. The molecule has 1 aliphatic rings. The zero-order chi connectivity index (χ0) is 14.7. The van der Waals surface area contributed by atoms with Crippen LogP contribution < -0.4 is 5.32 Å². The summed E-state index contributed by atoms with van der Waals surface area (Å²) in [6.07, 6.45) is 4.76. The molecule has 20 heavy (non-hydrogen) atoms. The molecule has 1 N–H and O–H groups in total. The monoisotopic (exact) mass is 297 g/mol. The van der Waals surface area contributed by atoms with Crippen molar-refractivity contribution in [3.8, 4) is 0 Å². The molecule has 0 saturated heterocycles. The Balaban J connectivity index is 2.08. The Labute approximate surface area is 126 Å². The van der Waals surface area contributed by atoms with Crippen molar-refractivity contribution in [2.45, 2.75) is 45.6 Å². The molecule has 0 heterocycles. The molecule has 1 aromatic carbocycles. The molecule has 0 aromatic heterocycles. The normalized spacial score (nSPS) is 28.4. The summed E-state index contributed by atoms with van der Waals surface area (Å²) in [6, 6.07) is 5.15. The second-order valence-corrected chi connectivity index (χ2v) is 6.92. The first-order valence-corrected chi connectivity index (χ1v) is 7.98. The highest BCUT2D eigenvalue weighted by molar-refractivity contribution is 6.31. The van der Waals surface area contributed by atoms with Crippen molar-refractivity contribution < 1.29 is 4.39 Å². The van der Waals surface area contributed by atoms with E-state index in [2.05, 4.69) is 19.2 Å². The van der Waals surface area contributed by atoms with Gasteiger partial charge in [-0.15, -0.1) is 0 Å². The summed E-state index contributed by atoms with van der Waals surface area (Å²) < 4.78 is 13.1. The largest absolute Gasteiger partial charge is 0.316 e. The fourth-order valence-electron chi connectivity index (χ4n) is 3.77. The first-order valence-electron chi connectivity index (χ1n) is 7.60. The van der Waals surface area contributed by atoms with Crippen LogP contribution in [0.4, 0.5) is 4.39 Å². The average Bonchev–Trinajstić information content (AvgIpc) is 2.36. The van der Waals surface area contributed by atoms with Gasteiger partial charge < -0.3 is 5.32 Å². The maximum Gasteiger partial charge on any atom is 0.124 e. The van der Waals surface area contributed by atoms with Crippen molar-refractivity contribution >= 4 is 11.6 Å². The van der Waals surface area contributed by atoms with Crippen LogP contribution in [0.5, 0.6) is 0 Å². The molecule has 3 heteroatoms. The smallest absolute Gasteiger partial charge is 0.124 e. The van der Waals surface area contributed by atoms with Crippen LogP contribution in [-0.2, 0) is 6.42 Å². The number of rotatable bonds is 4. The van der Waals surface area contributed by atoms with E-state index in [0.717, 1.165) is 23.8 Å². The minimum absolute atomic E-state index is 0.264. The van der Waals surface area contributed by atoms with E-state index >= 15 is 0 Å². The quantitative estimate of drug-likeness (QED) is 0.851. The average molecular weight is 298 g/mol. The van der Waals surface area contributed by atoms with Gasteiger partial charge in [-0.25, -0.2) is 4.39 Å². The highest BCUT2D eigenvalue weighted by atomic mass is 35.5. The summed E-state index contributed by atoms with van der Waals surface area (Å²) in [5.41, 5.74) is 1.04. The summed E-state index contributed by atoms with van der Waals surface area (Å²) >= 11 is 6.16. The molecule has 0 spiro atoms. The van der Waals surface area contributed by atoms with Gasteiger partial charge in [0.2, 0.25) is 0 Å². The third kappa shape index (κ3) is 3.95. The van der Waals surface area contributed by atoms with E-state index in [4.69, 9.17) is 11.6 Å². The zero-order valence-electron chi connectivity index (χ0n) is 12.6. The highest BCUT2D eigenvalue weighted by Gasteiger charge is 2.29. The van der Waals surface area contributed by atoms with Gasteiger partial charge in [-0.1, -0.05) is 31.5 Å². The molecule has 3 unspecified atom stereocenters. The van der Waals surface area contributed by atoms with Gasteiger partial charge in [0.1, 0.15) is 5.82 Å². The van der Waals surface area contributed by atoms with Crippen LogP contribution in [0.2, 0.25) is 5.02 Å². The number of hydrogen-bond acceptors (Lipinski definition) is 1. The Hall–Kier alpha value is -0.600. The van der Waals surface area contributed by atoms with Crippen molar-refractivity contribution in [1.29, 1.82) is 0 Å². The van der Waals surface area contributed by atoms with Crippen LogP contribution in [0.3, 0.4) is 0 Å². The highest BCUT2D eigenvalue weighted by Crippen LogP contribution is 2.36. The molecule has 1 fully saturated rings. The summed E-state index contributed by atoms with van der Waals surface area (Å²) in [5.74, 6) is 2.01. The van der Waals surface area contributed by atoms with Gasteiger partial charge in [-0.2, -0.15) is 0 Å². The summed E-state index contributed by atoms with van der Waals surface area (Å²) in [7, 11) is 2.02. The van der Waals surface area contributed by atoms with Gasteiger partial charge in [-0.3, -0.25) is 0 Å². The Morgan fingerprint density at radius 2 is 1.90 bits per heavy atom. The Morgan fingerprint density at radius 1 is 1.25 bits per heavy atom. The molecule has 1 aliphatic carbocycles. The lowest BCUT2D eigenvalue weighted by molar-refractivity contribution is 0.179. The number of benzene rings is 1. The predicted molar refractivity (Wildman–Crippen MR) is 83.6 cm³/mol. The lowest BCUT2D eigenvalue weighted by atomic mass is 9.73. The van der Waals surface area contributed by atoms with Gasteiger partial charge >= 0.3 is 0 Å². The number of halogens is 2. The van der Waals surface area contributed by atoms with E-state index in [9.17, 15) is 4.39 Å². The van der Waals surface area contributed by atoms with Crippen molar-refractivity contribution in [3.63, 3.8) is 0 Å². The predicted octanol–water partition coefficient (Wildman–Crippen LogP) is 4.68. The first-order chi connectivity index (χ1) is 9.49. The van der Waals surface area contributed by atoms with E-state index in [-0.39, 0.29) is 5.82 Å². The van der Waals surface area contributed by atoms with Crippen LogP contribution in [0.15, 0.2) is 18.2 Å². The molecule has 1 nitrogen and oxygen atoms in total. The molecule has 0 amide bonds. The van der Waals surface area contributed by atoms with Crippen molar-refractivity contribution in [2.75, 3.05) is 7.05 Å². The molecule has 1 aromatic rings. The van der Waals surface area contributed by atoms with E-state index in [1.54, 1.807) is 0 Å². The summed E-state index contributed by atoms with van der Waals surface area (Å²) in [4.78, 5) is 0. The van der Waals surface area contributed by atoms with Crippen LogP contribution in [-0.4, -0.2) is 13.1 Å². The molecular weight excluding hydrogens is 273 g/mol. The number of hydrogen-bond donors (Lipinski definition) is 1. The summed E-state index contributed by atoms with van der Waals surface area (Å²) in [6.45, 7) is 4.69. The van der Waals surface area contributed by atoms with E-state index in [0.29, 0.717) is 17.0 Å². The fourth-order valence-corrected chi connectivity index (χ4v) is 4.01. The van der Waals surface area contributed by atoms with Crippen LogP contribution in [0.1, 0.15) is 38.7 Å². The Kier molecular flexibility index (Phi) is 5.45. The SMILES string of the molecule is CNC(Cc1ccc(F)cc1Cl)C1CC(C)CC(C)C1. The van der Waals surface area contributed by atoms with Crippen molar-refractivity contribution in [3.05, 3.63) is 34.6 Å². The lowest BCUT2D eigenvalue weighted by Crippen LogP contribution is -2.39. The van der Waals surface area contributed by atoms with E-state index < -0.39 is 0 Å². The molecule has 112 valence electrons. The second-order valence-electron chi connectivity index (χ2n) is 6.51. The number of likely N-dealkylation sites (N-methyl/N-ethyl adjacent to an activating group) is 1. The minimum atomic E-state index is -0.264. The molecular formula is C17H25ClFN. The third-order valence-electron chi connectivity index (χ3n) is 4.61. The minimum Gasteiger partial charge on any atom is -0.316 e. The zero-order valence-corrected chi connectivity index (χ0v) is 13.4. The maximum atomic E-state index is 13.1. The van der Waals surface area contributed by atoms with Gasteiger partial charge in [0.15, 0.2) is 0 Å². The first kappa shape index (κ1) is 15.8. The van der Waals surface area contributed by atoms with Crippen molar-refractivity contribution in [2.24, 2.45) is 17.8 Å². The summed E-state index contributed by atoms with van der Waals surface area (Å²) in [5, 5.41) is 3.99. The third-order valence-corrected chi connectivity index (χ3v) is 4.96. The Morgan fingerprint density at radius 3 is 2.45 bits per heavy atom. The van der Waals surface area contributed by atoms with Gasteiger partial charge in [0.05, 0.1) is 0 Å².